The van der Waals surface area contributed by atoms with Gasteiger partial charge in [0.25, 0.3) is 11.7 Å². The van der Waals surface area contributed by atoms with Crippen LogP contribution in [0.2, 0.25) is 0 Å². The van der Waals surface area contributed by atoms with E-state index in [9.17, 15) is 4.79 Å². The maximum atomic E-state index is 10.7. The molecular formula is C11H11N3O3. The minimum absolute atomic E-state index is 0.0705. The Morgan fingerprint density at radius 1 is 1.41 bits per heavy atom. The number of carboxylic acid groups (broad SMARTS) is 1. The average Bonchev–Trinajstić information content (AvgIpc) is 2.80. The molecule has 0 radical (unpaired) electrons. The molecule has 0 bridgehead atoms. The van der Waals surface area contributed by atoms with Crippen LogP contribution in [0.1, 0.15) is 29.0 Å². The van der Waals surface area contributed by atoms with E-state index in [0.29, 0.717) is 0 Å². The second kappa shape index (κ2) is 3.99. The summed E-state index contributed by atoms with van der Waals surface area (Å²) in [5, 5.41) is 12.1. The zero-order chi connectivity index (χ0) is 12.5. The summed E-state index contributed by atoms with van der Waals surface area (Å²) in [7, 11) is 0. The molecule has 1 aromatic carbocycles. The molecule has 1 atom stereocenters. The Morgan fingerprint density at radius 3 is 2.59 bits per heavy atom. The number of rotatable bonds is 3. The van der Waals surface area contributed by atoms with E-state index in [1.54, 1.807) is 6.92 Å². The number of carbonyl (C=O) groups is 1. The highest BCUT2D eigenvalue weighted by Gasteiger charge is 2.31. The summed E-state index contributed by atoms with van der Waals surface area (Å²) in [6.45, 7) is 1.68. The molecule has 2 aromatic rings. The quantitative estimate of drug-likeness (QED) is 0.819. The summed E-state index contributed by atoms with van der Waals surface area (Å²) in [5.74, 6) is -1.57. The van der Waals surface area contributed by atoms with Gasteiger partial charge in [0, 0.05) is 0 Å². The number of aromatic carboxylic acids is 1. The Balaban J connectivity index is 2.41. The SMILES string of the molecule is CC(N)(c1ccccc1)c1nc(C(=O)O)no1. The standard InChI is InChI=1S/C11H11N3O3/c1-11(12,7-5-3-2-4-6-7)10-13-8(9(15)16)14-17-10/h2-6H,12H2,1H3,(H,15,16). The third kappa shape index (κ3) is 2.02. The zero-order valence-electron chi connectivity index (χ0n) is 9.12. The van der Waals surface area contributed by atoms with Crippen molar-refractivity contribution in [2.24, 2.45) is 5.73 Å². The van der Waals surface area contributed by atoms with Crippen molar-refractivity contribution in [1.82, 2.24) is 10.1 Å². The van der Waals surface area contributed by atoms with Crippen molar-refractivity contribution in [3.05, 3.63) is 47.6 Å². The van der Waals surface area contributed by atoms with Crippen molar-refractivity contribution >= 4 is 5.97 Å². The first-order chi connectivity index (χ1) is 8.01. The summed E-state index contributed by atoms with van der Waals surface area (Å²) in [4.78, 5) is 14.4. The van der Waals surface area contributed by atoms with E-state index >= 15 is 0 Å². The van der Waals surface area contributed by atoms with Crippen molar-refractivity contribution in [3.8, 4) is 0 Å². The van der Waals surface area contributed by atoms with E-state index in [1.165, 1.54) is 0 Å². The smallest absolute Gasteiger partial charge is 0.377 e. The summed E-state index contributed by atoms with van der Waals surface area (Å²) in [6.07, 6.45) is 0. The van der Waals surface area contributed by atoms with Crippen molar-refractivity contribution in [2.75, 3.05) is 0 Å². The van der Waals surface area contributed by atoms with E-state index in [2.05, 4.69) is 10.1 Å². The largest absolute Gasteiger partial charge is 0.475 e. The Bertz CT molecular complexity index is 534. The molecule has 17 heavy (non-hydrogen) atoms. The molecule has 1 unspecified atom stereocenters. The van der Waals surface area contributed by atoms with Gasteiger partial charge in [-0.15, -0.1) is 0 Å². The maximum Gasteiger partial charge on any atom is 0.377 e. The second-order valence-electron chi connectivity index (χ2n) is 3.80. The topological polar surface area (TPSA) is 102 Å². The lowest BCUT2D eigenvalue weighted by molar-refractivity contribution is 0.0680. The van der Waals surface area contributed by atoms with Crippen LogP contribution in [0.25, 0.3) is 0 Å². The van der Waals surface area contributed by atoms with E-state index in [1.807, 2.05) is 30.3 Å². The monoisotopic (exact) mass is 233 g/mol. The van der Waals surface area contributed by atoms with Gasteiger partial charge in [0.2, 0.25) is 0 Å². The molecule has 88 valence electrons. The molecule has 0 amide bonds. The number of aromatic nitrogens is 2. The molecule has 1 aromatic heterocycles. The minimum Gasteiger partial charge on any atom is -0.475 e. The van der Waals surface area contributed by atoms with Crippen molar-refractivity contribution in [3.63, 3.8) is 0 Å². The number of benzene rings is 1. The predicted octanol–water partition coefficient (Wildman–Crippen LogP) is 0.990. The van der Waals surface area contributed by atoms with Crippen LogP contribution >= 0.6 is 0 Å². The third-order valence-corrected chi connectivity index (χ3v) is 2.44. The molecule has 0 saturated heterocycles. The van der Waals surface area contributed by atoms with E-state index < -0.39 is 17.3 Å². The van der Waals surface area contributed by atoms with Gasteiger partial charge < -0.3 is 15.4 Å². The van der Waals surface area contributed by atoms with Gasteiger partial charge in [-0.3, -0.25) is 0 Å². The van der Waals surface area contributed by atoms with Gasteiger partial charge in [-0.05, 0) is 17.6 Å². The number of nitrogens with two attached hydrogens (primary N) is 1. The third-order valence-electron chi connectivity index (χ3n) is 2.44. The zero-order valence-corrected chi connectivity index (χ0v) is 9.12. The summed E-state index contributed by atoms with van der Waals surface area (Å²) in [5.41, 5.74) is 5.84. The molecule has 6 nitrogen and oxygen atoms in total. The lowest BCUT2D eigenvalue weighted by atomic mass is 9.93. The van der Waals surface area contributed by atoms with Crippen molar-refractivity contribution in [1.29, 1.82) is 0 Å². The lowest BCUT2D eigenvalue weighted by Gasteiger charge is -2.19. The summed E-state index contributed by atoms with van der Waals surface area (Å²) >= 11 is 0. The molecule has 0 spiro atoms. The molecule has 0 fully saturated rings. The van der Waals surface area contributed by atoms with Crippen LogP contribution in [-0.2, 0) is 5.54 Å². The molecular weight excluding hydrogens is 222 g/mol. The molecule has 2 rings (SSSR count). The molecule has 0 aliphatic carbocycles. The molecule has 0 saturated carbocycles. The van der Waals surface area contributed by atoms with Gasteiger partial charge in [-0.1, -0.05) is 30.3 Å². The van der Waals surface area contributed by atoms with Crippen LogP contribution in [0.5, 0.6) is 0 Å². The van der Waals surface area contributed by atoms with Crippen LogP contribution < -0.4 is 5.73 Å². The average molecular weight is 233 g/mol. The van der Waals surface area contributed by atoms with Crippen LogP contribution in [-0.4, -0.2) is 21.2 Å². The van der Waals surface area contributed by atoms with Gasteiger partial charge in [0.05, 0.1) is 0 Å². The predicted molar refractivity (Wildman–Crippen MR) is 58.3 cm³/mol. The Labute approximate surface area is 97.1 Å². The molecule has 1 heterocycles. The van der Waals surface area contributed by atoms with Gasteiger partial charge in [-0.25, -0.2) is 4.79 Å². The molecule has 3 N–H and O–H groups in total. The number of carboxylic acids is 1. The Hall–Kier alpha value is -2.21. The van der Waals surface area contributed by atoms with Crippen LogP contribution in [0.15, 0.2) is 34.9 Å². The first kappa shape index (κ1) is 11.3. The highest BCUT2D eigenvalue weighted by molar-refractivity contribution is 5.82. The molecule has 6 heteroatoms. The first-order valence-electron chi connectivity index (χ1n) is 4.93. The minimum atomic E-state index is -1.25. The van der Waals surface area contributed by atoms with E-state index in [0.717, 1.165) is 5.56 Å². The van der Waals surface area contributed by atoms with Gasteiger partial charge in [0.15, 0.2) is 0 Å². The van der Waals surface area contributed by atoms with Crippen LogP contribution in [0, 0.1) is 0 Å². The Kier molecular flexibility index (Phi) is 2.64. The normalized spacial score (nSPS) is 14.2. The lowest BCUT2D eigenvalue weighted by Crippen LogP contribution is -2.34. The fourth-order valence-corrected chi connectivity index (χ4v) is 1.43. The van der Waals surface area contributed by atoms with Crippen molar-refractivity contribution in [2.45, 2.75) is 12.5 Å². The molecule has 0 aliphatic rings. The number of hydrogen-bond acceptors (Lipinski definition) is 5. The fourth-order valence-electron chi connectivity index (χ4n) is 1.43. The van der Waals surface area contributed by atoms with Crippen LogP contribution in [0.3, 0.4) is 0 Å². The highest BCUT2D eigenvalue weighted by atomic mass is 16.5. The maximum absolute atomic E-state index is 10.7. The fraction of sp³-hybridized carbons (Fsp3) is 0.182. The summed E-state index contributed by atoms with van der Waals surface area (Å²) < 4.78 is 4.88. The Morgan fingerprint density at radius 2 is 2.06 bits per heavy atom. The highest BCUT2D eigenvalue weighted by Crippen LogP contribution is 2.24. The van der Waals surface area contributed by atoms with E-state index in [-0.39, 0.29) is 5.89 Å². The van der Waals surface area contributed by atoms with Gasteiger partial charge in [-0.2, -0.15) is 4.98 Å². The number of nitrogens with zero attached hydrogens (tertiary/aromatic N) is 2. The van der Waals surface area contributed by atoms with Gasteiger partial charge in [0.1, 0.15) is 5.54 Å². The van der Waals surface area contributed by atoms with Crippen molar-refractivity contribution < 1.29 is 14.4 Å². The van der Waals surface area contributed by atoms with Gasteiger partial charge >= 0.3 is 5.97 Å². The molecule has 0 aliphatic heterocycles. The van der Waals surface area contributed by atoms with Crippen LogP contribution in [0.4, 0.5) is 0 Å². The van der Waals surface area contributed by atoms with E-state index in [4.69, 9.17) is 15.4 Å². The first-order valence-corrected chi connectivity index (χ1v) is 4.93. The number of hydrogen-bond donors (Lipinski definition) is 2. The second-order valence-corrected chi connectivity index (χ2v) is 3.80. The summed E-state index contributed by atoms with van der Waals surface area (Å²) in [6, 6.07) is 9.13.